The van der Waals surface area contributed by atoms with E-state index in [1.54, 1.807) is 11.0 Å². The van der Waals surface area contributed by atoms with E-state index in [0.717, 1.165) is 24.2 Å². The van der Waals surface area contributed by atoms with Gasteiger partial charge < -0.3 is 14.7 Å². The normalized spacial score (nSPS) is 20.7. The molecule has 0 unspecified atom stereocenters. The Kier molecular flexibility index (Phi) is 4.13. The zero-order valence-corrected chi connectivity index (χ0v) is 12.3. The van der Waals surface area contributed by atoms with Crippen molar-refractivity contribution in [3.8, 4) is 5.75 Å². The summed E-state index contributed by atoms with van der Waals surface area (Å²) < 4.78 is 5.45. The first-order valence-electron chi connectivity index (χ1n) is 7.59. The fraction of sp³-hybridized carbons (Fsp3) is 0.412. The van der Waals surface area contributed by atoms with Gasteiger partial charge in [-0.2, -0.15) is 0 Å². The van der Waals surface area contributed by atoms with Gasteiger partial charge in [-0.05, 0) is 42.2 Å². The molecule has 1 atom stereocenters. The maximum Gasteiger partial charge on any atom is 0.308 e. The standard InChI is InChI=1S/C17H19NO4/c19-16(18-8-1-2-14(11-18)17(20)21)6-4-12-3-5-15-13(10-12)7-9-22-15/h3-6,10,14H,1-2,7-9,11H2,(H,20,21)/b6-4-/t14-/m0/s1. The van der Waals surface area contributed by atoms with Crippen LogP contribution in [0.2, 0.25) is 0 Å². The Morgan fingerprint density at radius 3 is 3.05 bits per heavy atom. The molecule has 1 amide bonds. The van der Waals surface area contributed by atoms with Gasteiger partial charge >= 0.3 is 5.97 Å². The molecule has 0 spiro atoms. The third-order valence-electron chi connectivity index (χ3n) is 4.21. The molecule has 1 aromatic carbocycles. The highest BCUT2D eigenvalue weighted by molar-refractivity contribution is 5.92. The summed E-state index contributed by atoms with van der Waals surface area (Å²) in [7, 11) is 0. The van der Waals surface area contributed by atoms with E-state index in [4.69, 9.17) is 9.84 Å². The Morgan fingerprint density at radius 1 is 1.36 bits per heavy atom. The zero-order chi connectivity index (χ0) is 15.5. The van der Waals surface area contributed by atoms with Gasteiger partial charge in [0, 0.05) is 25.6 Å². The number of carbonyl (C=O) groups is 2. The van der Waals surface area contributed by atoms with Crippen molar-refractivity contribution in [3.63, 3.8) is 0 Å². The third kappa shape index (κ3) is 3.13. The molecule has 0 saturated carbocycles. The van der Waals surface area contributed by atoms with Crippen molar-refractivity contribution in [2.24, 2.45) is 5.92 Å². The Balaban J connectivity index is 1.64. The lowest BCUT2D eigenvalue weighted by atomic mass is 9.98. The Morgan fingerprint density at radius 2 is 2.23 bits per heavy atom. The van der Waals surface area contributed by atoms with Crippen LogP contribution in [0.5, 0.6) is 5.75 Å². The van der Waals surface area contributed by atoms with E-state index >= 15 is 0 Å². The second-order valence-corrected chi connectivity index (χ2v) is 5.76. The van der Waals surface area contributed by atoms with Crippen LogP contribution in [-0.2, 0) is 16.0 Å². The molecule has 1 fully saturated rings. The van der Waals surface area contributed by atoms with Crippen molar-refractivity contribution in [3.05, 3.63) is 35.4 Å². The molecule has 22 heavy (non-hydrogen) atoms. The van der Waals surface area contributed by atoms with Crippen molar-refractivity contribution >= 4 is 18.0 Å². The molecule has 3 rings (SSSR count). The monoisotopic (exact) mass is 301 g/mol. The van der Waals surface area contributed by atoms with E-state index in [2.05, 4.69) is 0 Å². The lowest BCUT2D eigenvalue weighted by molar-refractivity contribution is -0.144. The molecule has 1 saturated heterocycles. The maximum atomic E-state index is 12.2. The van der Waals surface area contributed by atoms with Crippen LogP contribution in [0.3, 0.4) is 0 Å². The summed E-state index contributed by atoms with van der Waals surface area (Å²) >= 11 is 0. The van der Waals surface area contributed by atoms with Gasteiger partial charge in [0.25, 0.3) is 0 Å². The smallest absolute Gasteiger partial charge is 0.308 e. The van der Waals surface area contributed by atoms with Crippen LogP contribution in [0.1, 0.15) is 24.0 Å². The highest BCUT2D eigenvalue weighted by atomic mass is 16.5. The summed E-state index contributed by atoms with van der Waals surface area (Å²) in [5, 5.41) is 9.07. The minimum Gasteiger partial charge on any atom is -0.493 e. The number of aliphatic carboxylic acids is 1. The SMILES string of the molecule is O=C(O)[C@H]1CCCN(C(=O)/C=C\c2ccc3c(c2)CCO3)C1. The average Bonchev–Trinajstić information content (AvgIpc) is 3.00. The zero-order valence-electron chi connectivity index (χ0n) is 12.3. The summed E-state index contributed by atoms with van der Waals surface area (Å²) in [6, 6.07) is 5.88. The minimum absolute atomic E-state index is 0.123. The number of fused-ring (bicyclic) bond motifs is 1. The molecule has 0 bridgehead atoms. The van der Waals surface area contributed by atoms with Crippen LogP contribution in [0.25, 0.3) is 6.08 Å². The molecule has 1 aromatic rings. The van der Waals surface area contributed by atoms with E-state index in [1.165, 1.54) is 11.6 Å². The number of ether oxygens (including phenoxy) is 1. The lowest BCUT2D eigenvalue weighted by Gasteiger charge is -2.29. The molecule has 5 nitrogen and oxygen atoms in total. The number of carboxylic acids is 1. The van der Waals surface area contributed by atoms with Crippen molar-refractivity contribution in [2.45, 2.75) is 19.3 Å². The predicted octanol–water partition coefficient (Wildman–Crippen LogP) is 1.96. The van der Waals surface area contributed by atoms with Gasteiger partial charge in [-0.1, -0.05) is 6.07 Å². The highest BCUT2D eigenvalue weighted by Gasteiger charge is 2.27. The Bertz CT molecular complexity index is 623. The molecular weight excluding hydrogens is 282 g/mol. The first-order chi connectivity index (χ1) is 10.6. The molecule has 5 heteroatoms. The van der Waals surface area contributed by atoms with Gasteiger partial charge in [0.2, 0.25) is 5.91 Å². The van der Waals surface area contributed by atoms with Gasteiger partial charge in [0.15, 0.2) is 0 Å². The van der Waals surface area contributed by atoms with Crippen LogP contribution in [0.4, 0.5) is 0 Å². The van der Waals surface area contributed by atoms with Gasteiger partial charge in [0.1, 0.15) is 5.75 Å². The molecular formula is C17H19NO4. The van der Waals surface area contributed by atoms with E-state index in [1.807, 2.05) is 18.2 Å². The largest absolute Gasteiger partial charge is 0.493 e. The van der Waals surface area contributed by atoms with Crippen molar-refractivity contribution < 1.29 is 19.4 Å². The second-order valence-electron chi connectivity index (χ2n) is 5.76. The van der Waals surface area contributed by atoms with Crippen molar-refractivity contribution in [1.82, 2.24) is 4.90 Å². The van der Waals surface area contributed by atoms with Gasteiger partial charge in [0.05, 0.1) is 12.5 Å². The van der Waals surface area contributed by atoms with E-state index in [-0.39, 0.29) is 5.91 Å². The molecule has 0 aliphatic carbocycles. The van der Waals surface area contributed by atoms with Gasteiger partial charge in [-0.15, -0.1) is 0 Å². The van der Waals surface area contributed by atoms with Crippen LogP contribution < -0.4 is 4.74 Å². The number of amides is 1. The predicted molar refractivity (Wildman–Crippen MR) is 81.6 cm³/mol. The van der Waals surface area contributed by atoms with Gasteiger partial charge in [-0.3, -0.25) is 9.59 Å². The minimum atomic E-state index is -0.819. The average molecular weight is 301 g/mol. The summed E-state index contributed by atoms with van der Waals surface area (Å²) in [6.45, 7) is 1.65. The molecule has 1 N–H and O–H groups in total. The van der Waals surface area contributed by atoms with E-state index < -0.39 is 11.9 Å². The maximum absolute atomic E-state index is 12.2. The van der Waals surface area contributed by atoms with Gasteiger partial charge in [-0.25, -0.2) is 0 Å². The summed E-state index contributed by atoms with van der Waals surface area (Å²) in [6.07, 6.45) is 5.60. The number of rotatable bonds is 3. The molecule has 116 valence electrons. The fourth-order valence-corrected chi connectivity index (χ4v) is 2.96. The van der Waals surface area contributed by atoms with Crippen molar-refractivity contribution in [2.75, 3.05) is 19.7 Å². The number of nitrogens with zero attached hydrogens (tertiary/aromatic N) is 1. The number of hydrogen-bond donors (Lipinski definition) is 1. The first-order valence-corrected chi connectivity index (χ1v) is 7.59. The first kappa shape index (κ1) is 14.6. The molecule has 0 radical (unpaired) electrons. The molecule has 0 aromatic heterocycles. The summed E-state index contributed by atoms with van der Waals surface area (Å²) in [4.78, 5) is 24.9. The topological polar surface area (TPSA) is 66.8 Å². The lowest BCUT2D eigenvalue weighted by Crippen LogP contribution is -2.41. The van der Waals surface area contributed by atoms with Crippen LogP contribution in [0.15, 0.2) is 24.3 Å². The number of hydrogen-bond acceptors (Lipinski definition) is 3. The van der Waals surface area contributed by atoms with Crippen LogP contribution in [-0.4, -0.2) is 41.6 Å². The Hall–Kier alpha value is -2.30. The Labute approximate surface area is 129 Å². The number of carboxylic acid groups (broad SMARTS) is 1. The molecule has 2 heterocycles. The van der Waals surface area contributed by atoms with Crippen molar-refractivity contribution in [1.29, 1.82) is 0 Å². The quantitative estimate of drug-likeness (QED) is 0.867. The number of carbonyl (C=O) groups excluding carboxylic acids is 1. The number of benzene rings is 1. The van der Waals surface area contributed by atoms with Crippen LogP contribution >= 0.6 is 0 Å². The molecule has 2 aliphatic heterocycles. The summed E-state index contributed by atoms with van der Waals surface area (Å²) in [5.41, 5.74) is 2.13. The molecule has 2 aliphatic rings. The number of likely N-dealkylation sites (tertiary alicyclic amines) is 1. The summed E-state index contributed by atoms with van der Waals surface area (Å²) in [5.74, 6) is -0.463. The third-order valence-corrected chi connectivity index (χ3v) is 4.21. The van der Waals surface area contributed by atoms with E-state index in [9.17, 15) is 9.59 Å². The second kappa shape index (κ2) is 6.22. The van der Waals surface area contributed by atoms with Crippen LogP contribution in [0, 0.1) is 5.92 Å². The van der Waals surface area contributed by atoms with E-state index in [0.29, 0.717) is 26.1 Å². The fourth-order valence-electron chi connectivity index (χ4n) is 2.96. The highest BCUT2D eigenvalue weighted by Crippen LogP contribution is 2.26. The number of piperidine rings is 1.